The number of carbonyl (C=O) groups is 1. The second-order valence-electron chi connectivity index (χ2n) is 7.37. The first-order valence-corrected chi connectivity index (χ1v) is 11.0. The van der Waals surface area contributed by atoms with Crippen molar-refractivity contribution < 1.29 is 9.53 Å². The fraction of sp³-hybridized carbons (Fsp3) is 0.364. The van der Waals surface area contributed by atoms with E-state index in [1.54, 1.807) is 11.8 Å². The van der Waals surface area contributed by atoms with Gasteiger partial charge in [0.15, 0.2) is 0 Å². The third-order valence-corrected chi connectivity index (χ3v) is 6.46. The van der Waals surface area contributed by atoms with E-state index < -0.39 is 0 Å². The van der Waals surface area contributed by atoms with Crippen molar-refractivity contribution in [2.75, 3.05) is 19.9 Å². The first kappa shape index (κ1) is 20.4. The van der Waals surface area contributed by atoms with Gasteiger partial charge in [-0.3, -0.25) is 4.79 Å². The van der Waals surface area contributed by atoms with Crippen molar-refractivity contribution in [3.63, 3.8) is 0 Å². The number of benzene rings is 2. The molecule has 0 bridgehead atoms. The van der Waals surface area contributed by atoms with Crippen LogP contribution in [0.1, 0.15) is 35.6 Å². The van der Waals surface area contributed by atoms with Crippen molar-refractivity contribution in [1.82, 2.24) is 25.1 Å². The normalized spacial score (nSPS) is 15.5. The molecule has 0 spiro atoms. The number of nitrogens with zero attached hydrogens (tertiary/aromatic N) is 5. The molecule has 0 fully saturated rings. The van der Waals surface area contributed by atoms with Gasteiger partial charge in [-0.2, -0.15) is 0 Å². The summed E-state index contributed by atoms with van der Waals surface area (Å²) in [5.41, 5.74) is 3.69. The molecule has 4 rings (SSSR count). The van der Waals surface area contributed by atoms with E-state index in [4.69, 9.17) is 4.74 Å². The zero-order chi connectivity index (χ0) is 20.9. The van der Waals surface area contributed by atoms with Gasteiger partial charge in [0.1, 0.15) is 5.75 Å². The summed E-state index contributed by atoms with van der Waals surface area (Å²) in [6, 6.07) is 16.4. The minimum Gasteiger partial charge on any atom is -0.497 e. The fourth-order valence-electron chi connectivity index (χ4n) is 3.84. The van der Waals surface area contributed by atoms with Gasteiger partial charge in [0.25, 0.3) is 0 Å². The highest BCUT2D eigenvalue weighted by atomic mass is 32.2. The van der Waals surface area contributed by atoms with E-state index in [1.165, 1.54) is 22.9 Å². The van der Waals surface area contributed by atoms with Gasteiger partial charge in [0.05, 0.1) is 25.4 Å². The molecule has 156 valence electrons. The summed E-state index contributed by atoms with van der Waals surface area (Å²) in [4.78, 5) is 14.8. The van der Waals surface area contributed by atoms with Gasteiger partial charge in [-0.1, -0.05) is 48.2 Å². The van der Waals surface area contributed by atoms with Gasteiger partial charge in [0, 0.05) is 7.05 Å². The lowest BCUT2D eigenvalue weighted by Gasteiger charge is -2.33. The number of fused-ring (bicyclic) bond motifs is 1. The van der Waals surface area contributed by atoms with Gasteiger partial charge in [-0.15, -0.1) is 5.10 Å². The third kappa shape index (κ3) is 4.48. The SMILES string of the molecule is COc1ccc(Cn2nnnc2SCC(=O)N(C)[C@@H]2CCCc3ccccc32)cc1. The molecule has 1 heterocycles. The predicted molar refractivity (Wildman–Crippen MR) is 116 cm³/mol. The fourth-order valence-corrected chi connectivity index (χ4v) is 4.64. The summed E-state index contributed by atoms with van der Waals surface area (Å²) >= 11 is 1.37. The largest absolute Gasteiger partial charge is 0.497 e. The highest BCUT2D eigenvalue weighted by molar-refractivity contribution is 7.99. The van der Waals surface area contributed by atoms with Crippen molar-refractivity contribution in [2.24, 2.45) is 0 Å². The highest BCUT2D eigenvalue weighted by Crippen LogP contribution is 2.33. The Morgan fingerprint density at radius 2 is 2.03 bits per heavy atom. The summed E-state index contributed by atoms with van der Waals surface area (Å²) < 4.78 is 6.91. The van der Waals surface area contributed by atoms with Crippen molar-refractivity contribution in [2.45, 2.75) is 37.0 Å². The number of ether oxygens (including phenoxy) is 1. The molecule has 1 aliphatic carbocycles. The number of aromatic nitrogens is 4. The molecule has 0 N–H and O–H groups in total. The minimum atomic E-state index is 0.0840. The van der Waals surface area contributed by atoms with E-state index in [1.807, 2.05) is 36.2 Å². The summed E-state index contributed by atoms with van der Waals surface area (Å²) in [6.07, 6.45) is 3.19. The molecule has 0 unspecified atom stereocenters. The molecule has 7 nitrogen and oxygen atoms in total. The number of tetrazole rings is 1. The average molecular weight is 424 g/mol. The monoisotopic (exact) mass is 423 g/mol. The van der Waals surface area contributed by atoms with Crippen LogP contribution in [0.3, 0.4) is 0 Å². The second kappa shape index (κ2) is 9.30. The maximum absolute atomic E-state index is 12.9. The Bertz CT molecular complexity index is 1000. The molecule has 0 saturated carbocycles. The zero-order valence-electron chi connectivity index (χ0n) is 17.2. The molecule has 8 heteroatoms. The molecule has 1 amide bonds. The van der Waals surface area contributed by atoms with Gasteiger partial charge in [-0.25, -0.2) is 4.68 Å². The first-order valence-electron chi connectivity index (χ1n) is 10.0. The Kier molecular flexibility index (Phi) is 6.32. The molecule has 0 radical (unpaired) electrons. The lowest BCUT2D eigenvalue weighted by atomic mass is 9.87. The lowest BCUT2D eigenvalue weighted by Crippen LogP contribution is -2.34. The van der Waals surface area contributed by atoms with Crippen LogP contribution in [0.25, 0.3) is 0 Å². The van der Waals surface area contributed by atoms with Crippen molar-refractivity contribution >= 4 is 17.7 Å². The number of hydrogen-bond donors (Lipinski definition) is 0. The highest BCUT2D eigenvalue weighted by Gasteiger charge is 2.26. The standard InChI is InChI=1S/C22H25N5O2S/c1-26(20-9-5-7-17-6-3-4-8-19(17)20)21(28)15-30-22-23-24-25-27(22)14-16-10-12-18(29-2)13-11-16/h3-4,6,8,10-13,20H,5,7,9,14-15H2,1-2H3/t20-/m1/s1. The van der Waals surface area contributed by atoms with E-state index in [0.29, 0.717) is 17.5 Å². The molecular weight excluding hydrogens is 398 g/mol. The minimum absolute atomic E-state index is 0.0840. The maximum atomic E-state index is 12.9. The molecule has 3 aromatic rings. The van der Waals surface area contributed by atoms with Crippen LogP contribution in [0, 0.1) is 0 Å². The number of methoxy groups -OCH3 is 1. The maximum Gasteiger partial charge on any atom is 0.233 e. The molecule has 1 aliphatic rings. The lowest BCUT2D eigenvalue weighted by molar-refractivity contribution is -0.129. The topological polar surface area (TPSA) is 73.1 Å². The van der Waals surface area contributed by atoms with E-state index in [0.717, 1.165) is 30.6 Å². The number of carbonyl (C=O) groups excluding carboxylic acids is 1. The molecular formula is C22H25N5O2S. The summed E-state index contributed by atoms with van der Waals surface area (Å²) in [5.74, 6) is 1.20. The van der Waals surface area contributed by atoms with Crippen molar-refractivity contribution in [3.05, 3.63) is 65.2 Å². The van der Waals surface area contributed by atoms with Crippen LogP contribution in [0.2, 0.25) is 0 Å². The average Bonchev–Trinajstić information content (AvgIpc) is 3.24. The molecule has 0 saturated heterocycles. The van der Waals surface area contributed by atoms with Gasteiger partial charge < -0.3 is 9.64 Å². The van der Waals surface area contributed by atoms with Gasteiger partial charge in [-0.05, 0) is 58.5 Å². The van der Waals surface area contributed by atoms with Crippen LogP contribution in [-0.2, 0) is 17.8 Å². The molecule has 30 heavy (non-hydrogen) atoms. The van der Waals surface area contributed by atoms with E-state index in [-0.39, 0.29) is 11.9 Å². The van der Waals surface area contributed by atoms with E-state index in [2.05, 4.69) is 39.8 Å². The van der Waals surface area contributed by atoms with Crippen LogP contribution in [0.15, 0.2) is 53.7 Å². The Hall–Kier alpha value is -2.87. The first-order chi connectivity index (χ1) is 14.7. The Balaban J connectivity index is 1.38. The van der Waals surface area contributed by atoms with Crippen LogP contribution < -0.4 is 4.74 Å². The zero-order valence-corrected chi connectivity index (χ0v) is 18.0. The molecule has 0 aliphatic heterocycles. The number of rotatable bonds is 7. The Labute approximate surface area is 180 Å². The molecule has 2 aromatic carbocycles. The molecule has 1 atom stereocenters. The van der Waals surface area contributed by atoms with Crippen LogP contribution in [0.5, 0.6) is 5.75 Å². The smallest absolute Gasteiger partial charge is 0.233 e. The second-order valence-corrected chi connectivity index (χ2v) is 8.31. The summed E-state index contributed by atoms with van der Waals surface area (Å²) in [7, 11) is 3.54. The van der Waals surface area contributed by atoms with Gasteiger partial charge in [0.2, 0.25) is 11.1 Å². The van der Waals surface area contributed by atoms with Crippen molar-refractivity contribution in [3.8, 4) is 5.75 Å². The van der Waals surface area contributed by atoms with E-state index in [9.17, 15) is 4.79 Å². The Morgan fingerprint density at radius 1 is 1.23 bits per heavy atom. The number of thioether (sulfide) groups is 1. The number of aryl methyl sites for hydroxylation is 1. The van der Waals surface area contributed by atoms with Crippen molar-refractivity contribution in [1.29, 1.82) is 0 Å². The predicted octanol–water partition coefficient (Wildman–Crippen LogP) is 3.36. The quantitative estimate of drug-likeness (QED) is 0.543. The van der Waals surface area contributed by atoms with Crippen LogP contribution >= 0.6 is 11.8 Å². The van der Waals surface area contributed by atoms with E-state index >= 15 is 0 Å². The number of hydrogen-bond acceptors (Lipinski definition) is 6. The van der Waals surface area contributed by atoms with Crippen LogP contribution in [-0.4, -0.2) is 50.9 Å². The summed E-state index contributed by atoms with van der Waals surface area (Å²) in [5, 5.41) is 12.6. The molecule has 1 aromatic heterocycles. The summed E-state index contributed by atoms with van der Waals surface area (Å²) in [6.45, 7) is 0.541. The number of amides is 1. The Morgan fingerprint density at radius 3 is 2.83 bits per heavy atom. The van der Waals surface area contributed by atoms with Crippen LogP contribution in [0.4, 0.5) is 0 Å². The third-order valence-electron chi connectivity index (χ3n) is 5.51. The van der Waals surface area contributed by atoms with Gasteiger partial charge >= 0.3 is 0 Å².